The van der Waals surface area contributed by atoms with Crippen LogP contribution in [0.15, 0.2) is 54.9 Å². The summed E-state index contributed by atoms with van der Waals surface area (Å²) in [5.74, 6) is -4.39. The van der Waals surface area contributed by atoms with Crippen molar-refractivity contribution in [2.24, 2.45) is 0 Å². The standard InChI is InChI=1S/C19H22N2OS.2C2HF3O2/c1-2-5-16(6-3-1)11-21-14-19(15-21)9-18(13-23-19)22-12-17-7-4-8-20-10-17;2*3-2(4,5)1(6)7/h1-8,10,18H,9,11-15H2;2*(H,6,7). The van der Waals surface area contributed by atoms with Gasteiger partial charge in [0.25, 0.3) is 0 Å². The first-order valence-corrected chi connectivity index (χ1v) is 11.7. The fourth-order valence-corrected chi connectivity index (χ4v) is 5.15. The summed E-state index contributed by atoms with van der Waals surface area (Å²) in [6.07, 6.45) is -4.90. The lowest BCUT2D eigenvalue weighted by Gasteiger charge is -2.47. The molecule has 7 nitrogen and oxygen atoms in total. The summed E-state index contributed by atoms with van der Waals surface area (Å²) in [5, 5.41) is 14.2. The number of hydrogen-bond donors (Lipinski definition) is 2. The van der Waals surface area contributed by atoms with E-state index in [0.29, 0.717) is 17.5 Å². The van der Waals surface area contributed by atoms with Crippen molar-refractivity contribution in [1.82, 2.24) is 9.88 Å². The zero-order chi connectivity index (χ0) is 27.7. The molecule has 2 aromatic rings. The van der Waals surface area contributed by atoms with Gasteiger partial charge < -0.3 is 14.9 Å². The van der Waals surface area contributed by atoms with Crippen molar-refractivity contribution in [2.75, 3.05) is 18.8 Å². The number of ether oxygens (including phenoxy) is 1. The van der Waals surface area contributed by atoms with Crippen molar-refractivity contribution in [1.29, 1.82) is 0 Å². The van der Waals surface area contributed by atoms with Crippen LogP contribution in [0.3, 0.4) is 0 Å². The maximum Gasteiger partial charge on any atom is 0.490 e. The van der Waals surface area contributed by atoms with Crippen LogP contribution in [0.1, 0.15) is 17.5 Å². The molecule has 37 heavy (non-hydrogen) atoms. The number of thioether (sulfide) groups is 1. The van der Waals surface area contributed by atoms with E-state index in [4.69, 9.17) is 24.5 Å². The number of aromatic nitrogens is 1. The number of carboxylic acids is 2. The summed E-state index contributed by atoms with van der Waals surface area (Å²) >= 11 is 2.11. The molecule has 2 N–H and O–H groups in total. The third-order valence-corrected chi connectivity index (χ3v) is 6.72. The molecular weight excluding hydrogens is 530 g/mol. The highest BCUT2D eigenvalue weighted by molar-refractivity contribution is 8.01. The molecule has 1 aromatic carbocycles. The van der Waals surface area contributed by atoms with Gasteiger partial charge in [-0.1, -0.05) is 36.4 Å². The molecule has 0 bridgehead atoms. The number of rotatable bonds is 5. The lowest BCUT2D eigenvalue weighted by Crippen LogP contribution is -2.58. The zero-order valence-corrected chi connectivity index (χ0v) is 20.0. The Kier molecular flexibility index (Phi) is 10.8. The molecule has 3 heterocycles. The zero-order valence-electron chi connectivity index (χ0n) is 19.2. The first-order valence-electron chi connectivity index (χ1n) is 10.7. The third kappa shape index (κ3) is 10.6. The Morgan fingerprint density at radius 3 is 2.00 bits per heavy atom. The second kappa shape index (κ2) is 13.1. The Balaban J connectivity index is 0.000000286. The normalized spacial score (nSPS) is 18.6. The minimum absolute atomic E-state index is 0.388. The van der Waals surface area contributed by atoms with Crippen LogP contribution in [0.5, 0.6) is 0 Å². The highest BCUT2D eigenvalue weighted by atomic mass is 32.2. The predicted octanol–water partition coefficient (Wildman–Crippen LogP) is 4.62. The van der Waals surface area contributed by atoms with E-state index in [2.05, 4.69) is 58.0 Å². The van der Waals surface area contributed by atoms with Gasteiger partial charge in [0.2, 0.25) is 0 Å². The largest absolute Gasteiger partial charge is 0.490 e. The highest BCUT2D eigenvalue weighted by Gasteiger charge is 2.49. The number of pyridine rings is 1. The Bertz CT molecular complexity index is 978. The van der Waals surface area contributed by atoms with Crippen molar-refractivity contribution in [3.63, 3.8) is 0 Å². The average Bonchev–Trinajstić information content (AvgIpc) is 3.23. The molecule has 0 amide bonds. The number of nitrogens with zero attached hydrogens (tertiary/aromatic N) is 2. The summed E-state index contributed by atoms with van der Waals surface area (Å²) in [7, 11) is 0. The first-order chi connectivity index (χ1) is 17.2. The second-order valence-electron chi connectivity index (χ2n) is 8.23. The van der Waals surface area contributed by atoms with Gasteiger partial charge >= 0.3 is 24.3 Å². The van der Waals surface area contributed by atoms with Crippen LogP contribution in [0.4, 0.5) is 26.3 Å². The van der Waals surface area contributed by atoms with Gasteiger partial charge in [0.05, 0.1) is 12.7 Å². The quantitative estimate of drug-likeness (QED) is 0.517. The molecule has 1 atom stereocenters. The monoisotopic (exact) mass is 554 g/mol. The maximum atomic E-state index is 10.6. The topological polar surface area (TPSA) is 100.0 Å². The van der Waals surface area contributed by atoms with Crippen LogP contribution >= 0.6 is 11.8 Å². The van der Waals surface area contributed by atoms with Crippen LogP contribution in [-0.4, -0.2) is 74.1 Å². The lowest BCUT2D eigenvalue weighted by atomic mass is 9.92. The maximum absolute atomic E-state index is 10.6. The van der Waals surface area contributed by atoms with Gasteiger partial charge in [0.15, 0.2) is 0 Å². The highest BCUT2D eigenvalue weighted by Crippen LogP contribution is 2.46. The molecule has 0 saturated carbocycles. The number of carbonyl (C=O) groups is 2. The summed E-state index contributed by atoms with van der Waals surface area (Å²) in [4.78, 5) is 24.5. The van der Waals surface area contributed by atoms with Gasteiger partial charge in [0, 0.05) is 42.5 Å². The van der Waals surface area contributed by atoms with Crippen molar-refractivity contribution < 1.29 is 50.9 Å². The summed E-state index contributed by atoms with van der Waals surface area (Å²) in [5.41, 5.74) is 2.58. The number of aliphatic carboxylic acids is 2. The van der Waals surface area contributed by atoms with E-state index < -0.39 is 24.3 Å². The smallest absolute Gasteiger partial charge is 0.475 e. The van der Waals surface area contributed by atoms with Gasteiger partial charge in [-0.05, 0) is 23.6 Å². The second-order valence-corrected chi connectivity index (χ2v) is 9.72. The van der Waals surface area contributed by atoms with Gasteiger partial charge in [-0.25, -0.2) is 9.59 Å². The Morgan fingerprint density at radius 1 is 0.973 bits per heavy atom. The minimum Gasteiger partial charge on any atom is -0.475 e. The Morgan fingerprint density at radius 2 is 1.51 bits per heavy atom. The van der Waals surface area contributed by atoms with Gasteiger partial charge in [-0.2, -0.15) is 26.3 Å². The fraction of sp³-hybridized carbons (Fsp3) is 0.435. The molecule has 1 unspecified atom stereocenters. The molecule has 14 heteroatoms. The number of alkyl halides is 6. The Labute approximate surface area is 212 Å². The fourth-order valence-electron chi connectivity index (χ4n) is 3.55. The number of benzene rings is 1. The molecule has 204 valence electrons. The average molecular weight is 555 g/mol. The summed E-state index contributed by atoms with van der Waals surface area (Å²) in [6, 6.07) is 14.8. The summed E-state index contributed by atoms with van der Waals surface area (Å²) < 4.78 is 70.0. The third-order valence-electron chi connectivity index (χ3n) is 5.14. The molecule has 0 radical (unpaired) electrons. The van der Waals surface area contributed by atoms with Gasteiger partial charge in [-0.15, -0.1) is 11.8 Å². The SMILES string of the molecule is O=C(O)C(F)(F)F.O=C(O)C(F)(F)F.c1ccc(CN2CC3(CC(OCc4cccnc4)CS3)C2)cc1. The molecule has 1 spiro atoms. The lowest BCUT2D eigenvalue weighted by molar-refractivity contribution is -0.193. The molecular formula is C23H24F6N2O5S. The van der Waals surface area contributed by atoms with E-state index in [0.717, 1.165) is 17.9 Å². The van der Waals surface area contributed by atoms with Crippen molar-refractivity contribution in [3.05, 3.63) is 66.0 Å². The number of hydrogen-bond acceptors (Lipinski definition) is 6. The molecule has 2 aliphatic heterocycles. The molecule has 2 aliphatic rings. The number of carboxylic acid groups (broad SMARTS) is 2. The van der Waals surface area contributed by atoms with Crippen LogP contribution in [0.2, 0.25) is 0 Å². The van der Waals surface area contributed by atoms with Gasteiger partial charge in [0.1, 0.15) is 0 Å². The van der Waals surface area contributed by atoms with Crippen LogP contribution in [0, 0.1) is 0 Å². The van der Waals surface area contributed by atoms with Crippen molar-refractivity contribution >= 4 is 23.7 Å². The molecule has 4 rings (SSSR count). The van der Waals surface area contributed by atoms with E-state index in [1.165, 1.54) is 25.1 Å². The number of halogens is 6. The van der Waals surface area contributed by atoms with Crippen molar-refractivity contribution in [3.8, 4) is 0 Å². The first kappa shape index (κ1) is 30.4. The van der Waals surface area contributed by atoms with Crippen LogP contribution < -0.4 is 0 Å². The van der Waals surface area contributed by atoms with E-state index in [1.807, 2.05) is 12.3 Å². The molecule has 0 aliphatic carbocycles. The molecule has 2 saturated heterocycles. The van der Waals surface area contributed by atoms with E-state index in [1.54, 1.807) is 6.20 Å². The predicted molar refractivity (Wildman–Crippen MR) is 122 cm³/mol. The van der Waals surface area contributed by atoms with Crippen LogP contribution in [0.25, 0.3) is 0 Å². The Hall–Kier alpha value is -2.84. The van der Waals surface area contributed by atoms with Crippen molar-refractivity contribution in [2.45, 2.75) is 42.8 Å². The molecule has 2 fully saturated rings. The summed E-state index contributed by atoms with van der Waals surface area (Å²) in [6.45, 7) is 4.14. The minimum atomic E-state index is -5.08. The molecule has 1 aromatic heterocycles. The number of likely N-dealkylation sites (tertiary alicyclic amines) is 1. The van der Waals surface area contributed by atoms with E-state index in [-0.39, 0.29) is 0 Å². The van der Waals surface area contributed by atoms with Crippen LogP contribution in [-0.2, 0) is 27.5 Å². The van der Waals surface area contributed by atoms with E-state index in [9.17, 15) is 26.3 Å². The van der Waals surface area contributed by atoms with Gasteiger partial charge in [-0.3, -0.25) is 9.88 Å². The van der Waals surface area contributed by atoms with E-state index >= 15 is 0 Å².